The molecule has 0 radical (unpaired) electrons. The SMILES string of the molecule is C[Si]1(CCCC(=O)O)C[Si](C)(CSc2ncc(CN=[N+]=[N-])cn2)O1. The van der Waals surface area contributed by atoms with E-state index in [4.69, 9.17) is 14.8 Å². The van der Waals surface area contributed by atoms with E-state index in [9.17, 15) is 4.79 Å². The maximum absolute atomic E-state index is 10.6. The van der Waals surface area contributed by atoms with E-state index in [-0.39, 0.29) is 13.0 Å². The van der Waals surface area contributed by atoms with Gasteiger partial charge in [-0.15, -0.1) is 0 Å². The molecule has 1 saturated heterocycles. The molecule has 2 unspecified atom stereocenters. The summed E-state index contributed by atoms with van der Waals surface area (Å²) in [5.41, 5.74) is 10.3. The van der Waals surface area contributed by atoms with Gasteiger partial charge in [-0.1, -0.05) is 16.9 Å². The van der Waals surface area contributed by atoms with Gasteiger partial charge in [0, 0.05) is 29.1 Å². The second-order valence-electron chi connectivity index (χ2n) is 6.48. The highest BCUT2D eigenvalue weighted by Gasteiger charge is 2.53. The minimum atomic E-state index is -1.70. The molecule has 0 aliphatic carbocycles. The summed E-state index contributed by atoms with van der Waals surface area (Å²) in [6.45, 7) is 4.69. The van der Waals surface area contributed by atoms with E-state index in [0.29, 0.717) is 11.6 Å². The van der Waals surface area contributed by atoms with E-state index in [1.807, 2.05) is 0 Å². The number of hydrogen-bond acceptors (Lipinski definition) is 6. The molecule has 0 spiro atoms. The average molecular weight is 384 g/mol. The highest BCUT2D eigenvalue weighted by Crippen LogP contribution is 2.41. The number of carboxylic acids is 1. The summed E-state index contributed by atoms with van der Waals surface area (Å²) in [4.78, 5) is 21.9. The normalized spacial score (nSPS) is 25.6. The monoisotopic (exact) mass is 383 g/mol. The Morgan fingerprint density at radius 1 is 1.46 bits per heavy atom. The van der Waals surface area contributed by atoms with Crippen LogP contribution >= 0.6 is 11.8 Å². The Morgan fingerprint density at radius 3 is 2.71 bits per heavy atom. The van der Waals surface area contributed by atoms with Crippen molar-refractivity contribution in [3.63, 3.8) is 0 Å². The average Bonchev–Trinajstić information content (AvgIpc) is 2.50. The minimum Gasteiger partial charge on any atom is -0.481 e. The summed E-state index contributed by atoms with van der Waals surface area (Å²) in [6, 6.07) is 0.928. The predicted octanol–water partition coefficient (Wildman–Crippen LogP) is 3.50. The number of hydrogen-bond donors (Lipinski definition) is 1. The van der Waals surface area contributed by atoms with Gasteiger partial charge in [-0.25, -0.2) is 9.97 Å². The smallest absolute Gasteiger partial charge is 0.303 e. The number of azide groups is 1. The Labute approximate surface area is 146 Å². The third-order valence-corrected chi connectivity index (χ3v) is 18.7. The Morgan fingerprint density at radius 2 is 2.12 bits per heavy atom. The summed E-state index contributed by atoms with van der Waals surface area (Å²) in [5.74, 6) is -0.733. The van der Waals surface area contributed by atoms with Crippen molar-refractivity contribution in [1.82, 2.24) is 9.97 Å². The van der Waals surface area contributed by atoms with Crippen molar-refractivity contribution >= 4 is 34.4 Å². The molecular weight excluding hydrogens is 362 g/mol. The second kappa shape index (κ2) is 8.12. The molecule has 0 saturated carbocycles. The minimum absolute atomic E-state index is 0.231. The first-order valence-electron chi connectivity index (χ1n) is 7.71. The van der Waals surface area contributed by atoms with Crippen molar-refractivity contribution in [2.24, 2.45) is 5.11 Å². The molecule has 1 aromatic heterocycles. The van der Waals surface area contributed by atoms with Gasteiger partial charge in [0.05, 0.1) is 6.54 Å². The zero-order chi connectivity index (χ0) is 17.6. The largest absolute Gasteiger partial charge is 0.481 e. The molecule has 2 rings (SSSR count). The van der Waals surface area contributed by atoms with Crippen LogP contribution in [0.5, 0.6) is 0 Å². The van der Waals surface area contributed by atoms with Crippen LogP contribution in [0.3, 0.4) is 0 Å². The van der Waals surface area contributed by atoms with E-state index >= 15 is 0 Å². The summed E-state index contributed by atoms with van der Waals surface area (Å²) >= 11 is 1.60. The third kappa shape index (κ3) is 5.60. The van der Waals surface area contributed by atoms with Crippen LogP contribution in [0.2, 0.25) is 24.8 Å². The lowest BCUT2D eigenvalue weighted by atomic mass is 10.3. The fourth-order valence-electron chi connectivity index (χ4n) is 3.04. The van der Waals surface area contributed by atoms with Crippen LogP contribution in [-0.4, -0.2) is 43.1 Å². The van der Waals surface area contributed by atoms with E-state index in [2.05, 4.69) is 33.1 Å². The summed E-state index contributed by atoms with van der Waals surface area (Å²) in [6.07, 6.45) is 4.31. The molecule has 24 heavy (non-hydrogen) atoms. The highest BCUT2D eigenvalue weighted by atomic mass is 32.2. The number of thioether (sulfide) groups is 1. The van der Waals surface area contributed by atoms with E-state index in [1.54, 1.807) is 24.2 Å². The van der Waals surface area contributed by atoms with Gasteiger partial charge in [0.2, 0.25) is 0 Å². The quantitative estimate of drug-likeness (QED) is 0.174. The predicted molar refractivity (Wildman–Crippen MR) is 96.4 cm³/mol. The molecule has 0 aromatic carbocycles. The van der Waals surface area contributed by atoms with Gasteiger partial charge in [0.1, 0.15) is 0 Å². The fourth-order valence-corrected chi connectivity index (χ4v) is 20.2. The Kier molecular flexibility index (Phi) is 6.41. The van der Waals surface area contributed by atoms with Crippen molar-refractivity contribution in [1.29, 1.82) is 0 Å². The lowest BCUT2D eigenvalue weighted by molar-refractivity contribution is -0.137. The van der Waals surface area contributed by atoms with Gasteiger partial charge in [-0.05, 0) is 42.3 Å². The molecule has 11 heteroatoms. The standard InChI is InChI=1S/C13H21N5O3SSi2/c1-23(5-3-4-12(19)20)10-24(2,21-23)9-22-13-15-6-11(7-16-13)8-17-18-14/h6-7H,3-5,8-10H2,1-2H3,(H,19,20). The Balaban J connectivity index is 1.76. The maximum atomic E-state index is 10.6. The van der Waals surface area contributed by atoms with Crippen LogP contribution in [0.15, 0.2) is 22.7 Å². The van der Waals surface area contributed by atoms with Gasteiger partial charge >= 0.3 is 5.97 Å². The van der Waals surface area contributed by atoms with Crippen molar-refractivity contribution in [3.8, 4) is 0 Å². The van der Waals surface area contributed by atoms with Gasteiger partial charge in [-0.2, -0.15) is 0 Å². The Bertz CT molecular complexity index is 633. The van der Waals surface area contributed by atoms with Crippen LogP contribution in [-0.2, 0) is 15.5 Å². The molecule has 130 valence electrons. The highest BCUT2D eigenvalue weighted by molar-refractivity contribution is 8.00. The number of nitrogens with zero attached hydrogens (tertiary/aromatic N) is 5. The zero-order valence-corrected chi connectivity index (χ0v) is 16.6. The first-order valence-corrected chi connectivity index (χ1v) is 14.3. The number of carbonyl (C=O) groups is 1. The van der Waals surface area contributed by atoms with Crippen molar-refractivity contribution in [2.45, 2.75) is 49.3 Å². The summed E-state index contributed by atoms with van der Waals surface area (Å²) in [5, 5.41) is 13.8. The molecule has 2 heterocycles. The maximum Gasteiger partial charge on any atom is 0.303 e. The van der Waals surface area contributed by atoms with Gasteiger partial charge in [-0.3, -0.25) is 4.79 Å². The van der Waals surface area contributed by atoms with Crippen molar-refractivity contribution in [2.75, 3.05) is 5.38 Å². The Hall–Kier alpha value is -1.40. The zero-order valence-electron chi connectivity index (χ0n) is 13.8. The molecule has 0 bridgehead atoms. The lowest BCUT2D eigenvalue weighted by Gasteiger charge is -2.50. The molecule has 8 nitrogen and oxygen atoms in total. The molecule has 1 fully saturated rings. The number of aromatic nitrogens is 2. The lowest BCUT2D eigenvalue weighted by Crippen LogP contribution is -2.65. The molecule has 0 amide bonds. The van der Waals surface area contributed by atoms with E-state index in [0.717, 1.165) is 17.0 Å². The third-order valence-electron chi connectivity index (χ3n) is 3.84. The van der Waals surface area contributed by atoms with Crippen molar-refractivity contribution in [3.05, 3.63) is 28.4 Å². The molecule has 1 N–H and O–H groups in total. The summed E-state index contributed by atoms with van der Waals surface area (Å²) < 4.78 is 6.35. The fraction of sp³-hybridized carbons (Fsp3) is 0.615. The molecular formula is C13H21N5O3SSi2. The second-order valence-corrected chi connectivity index (χ2v) is 16.8. The molecule has 1 aliphatic rings. The van der Waals surface area contributed by atoms with Gasteiger partial charge in [0.15, 0.2) is 21.8 Å². The summed E-state index contributed by atoms with van der Waals surface area (Å²) in [7, 11) is -3.36. The van der Waals surface area contributed by atoms with Gasteiger partial charge in [0.25, 0.3) is 0 Å². The van der Waals surface area contributed by atoms with Crippen molar-refractivity contribution < 1.29 is 14.0 Å². The topological polar surface area (TPSA) is 121 Å². The van der Waals surface area contributed by atoms with Crippen LogP contribution in [0.25, 0.3) is 10.4 Å². The first-order chi connectivity index (χ1) is 11.3. The number of carboxylic acid groups (broad SMARTS) is 1. The van der Waals surface area contributed by atoms with Gasteiger partial charge < -0.3 is 9.22 Å². The first kappa shape index (κ1) is 18.9. The number of aliphatic carboxylic acids is 1. The van der Waals surface area contributed by atoms with E-state index < -0.39 is 22.6 Å². The molecule has 2 atom stereocenters. The van der Waals surface area contributed by atoms with Crippen LogP contribution in [0, 0.1) is 0 Å². The molecule has 1 aliphatic heterocycles. The van der Waals surface area contributed by atoms with Crippen LogP contribution in [0.1, 0.15) is 18.4 Å². The van der Waals surface area contributed by atoms with E-state index in [1.165, 1.54) is 5.67 Å². The number of rotatable bonds is 9. The van der Waals surface area contributed by atoms with Crippen LogP contribution < -0.4 is 0 Å². The van der Waals surface area contributed by atoms with Crippen LogP contribution in [0.4, 0.5) is 0 Å². The molecule has 1 aromatic rings.